The highest BCUT2D eigenvalue weighted by atomic mass is 16.7. The Labute approximate surface area is 241 Å². The monoisotopic (exact) mass is 610 g/mol. The largest absolute Gasteiger partial charge is 0.507 e. The van der Waals surface area contributed by atoms with E-state index >= 15 is 0 Å². The zero-order valence-corrected chi connectivity index (χ0v) is 22.0. The number of hydrogen-bond donors (Lipinski definition) is 11. The lowest BCUT2D eigenvalue weighted by Crippen LogP contribution is -2.62. The van der Waals surface area contributed by atoms with Crippen LogP contribution in [0.5, 0.6) is 23.0 Å². The van der Waals surface area contributed by atoms with Crippen molar-refractivity contribution in [3.05, 3.63) is 46.1 Å². The Morgan fingerprint density at radius 2 is 1.35 bits per heavy atom. The Kier molecular flexibility index (Phi) is 8.52. The minimum absolute atomic E-state index is 0.0884. The molecule has 10 atom stereocenters. The summed E-state index contributed by atoms with van der Waals surface area (Å²) in [6, 6.07) is 5.24. The van der Waals surface area contributed by atoms with Crippen LogP contribution in [0.4, 0.5) is 0 Å². The van der Waals surface area contributed by atoms with Crippen molar-refractivity contribution >= 4 is 11.0 Å². The van der Waals surface area contributed by atoms with Gasteiger partial charge >= 0.3 is 0 Å². The van der Waals surface area contributed by atoms with Crippen molar-refractivity contribution in [2.24, 2.45) is 0 Å². The zero-order chi connectivity index (χ0) is 31.3. The van der Waals surface area contributed by atoms with E-state index in [1.165, 1.54) is 6.07 Å². The van der Waals surface area contributed by atoms with Crippen molar-refractivity contribution < 1.29 is 74.8 Å². The van der Waals surface area contributed by atoms with Crippen LogP contribution in [-0.2, 0) is 14.2 Å². The molecule has 0 radical (unpaired) electrons. The predicted molar refractivity (Wildman–Crippen MR) is 140 cm³/mol. The van der Waals surface area contributed by atoms with Gasteiger partial charge in [-0.1, -0.05) is 0 Å². The van der Waals surface area contributed by atoms with E-state index in [1.54, 1.807) is 0 Å². The van der Waals surface area contributed by atoms with Crippen molar-refractivity contribution in [2.75, 3.05) is 13.2 Å². The number of benzene rings is 2. The fraction of sp³-hybridized carbons (Fsp3) is 0.444. The molecule has 2 aromatic carbocycles. The molecular formula is C27H30O16. The van der Waals surface area contributed by atoms with Gasteiger partial charge in [0.1, 0.15) is 77.6 Å². The number of aliphatic hydroxyl groups excluding tert-OH is 7. The van der Waals surface area contributed by atoms with Crippen LogP contribution in [0.15, 0.2) is 39.5 Å². The lowest BCUT2D eigenvalue weighted by Gasteiger charge is -2.46. The van der Waals surface area contributed by atoms with Crippen molar-refractivity contribution in [1.29, 1.82) is 0 Å². The van der Waals surface area contributed by atoms with Gasteiger partial charge < -0.3 is 74.8 Å². The molecule has 1 aromatic heterocycles. The van der Waals surface area contributed by atoms with Crippen LogP contribution in [0.3, 0.4) is 0 Å². The molecule has 3 heterocycles. The number of ether oxygens (including phenoxy) is 3. The van der Waals surface area contributed by atoms with Crippen LogP contribution < -0.4 is 5.43 Å². The third kappa shape index (κ3) is 5.38. The Balaban J connectivity index is 1.67. The summed E-state index contributed by atoms with van der Waals surface area (Å²) in [5.41, 5.74) is -1.66. The number of aliphatic hydroxyl groups is 7. The van der Waals surface area contributed by atoms with Crippen LogP contribution in [0.25, 0.3) is 22.3 Å². The normalized spacial score (nSPS) is 33.1. The second-order valence-electron chi connectivity index (χ2n) is 10.3. The fourth-order valence-electron chi connectivity index (χ4n) is 5.22. The SMILES string of the molecule is O=c1cc(-c2ccc(O)c(O)c2)oc2c([C@@H]3O[C@H](CO)[C@H](O)[C@H](O)[C@@H]3O[C@H]3O[C@H](CO)[C@@H](O)[C@H](O)[C@@H]3O)c(O)cc(O)c12. The first kappa shape index (κ1) is 30.9. The Bertz CT molecular complexity index is 1540. The highest BCUT2D eigenvalue weighted by Crippen LogP contribution is 2.45. The van der Waals surface area contributed by atoms with Crippen LogP contribution in [0.1, 0.15) is 11.7 Å². The standard InChI is InChI=1S/C27H30O16/c28-6-15-20(36)22(38)26(43-27-23(39)21(37)19(35)16(7-29)42-27)25(41-15)18-12(33)4-11(32)17-13(34)5-14(40-24(17)18)8-1-2-9(30)10(31)3-8/h1-5,15-16,19-23,25-33,35-39H,6-7H2/t15-,16-,19-,20+,21+,22+,23+,25+,26+,27-/m1/s1. The first-order valence-electron chi connectivity index (χ1n) is 13.0. The van der Waals surface area contributed by atoms with E-state index in [-0.39, 0.29) is 11.3 Å². The summed E-state index contributed by atoms with van der Waals surface area (Å²) in [7, 11) is 0. The summed E-state index contributed by atoms with van der Waals surface area (Å²) >= 11 is 0. The Morgan fingerprint density at radius 3 is 2.00 bits per heavy atom. The van der Waals surface area contributed by atoms with Gasteiger partial charge in [0.25, 0.3) is 0 Å². The van der Waals surface area contributed by atoms with E-state index in [1.807, 2.05) is 0 Å². The smallest absolute Gasteiger partial charge is 0.197 e. The fourth-order valence-corrected chi connectivity index (χ4v) is 5.22. The van der Waals surface area contributed by atoms with Crippen LogP contribution in [0.2, 0.25) is 0 Å². The number of fused-ring (bicyclic) bond motifs is 1. The molecule has 11 N–H and O–H groups in total. The van der Waals surface area contributed by atoms with Crippen molar-refractivity contribution in [2.45, 2.75) is 61.2 Å². The molecule has 3 aromatic rings. The van der Waals surface area contributed by atoms with Crippen molar-refractivity contribution in [3.63, 3.8) is 0 Å². The van der Waals surface area contributed by atoms with Gasteiger partial charge in [-0.05, 0) is 18.2 Å². The molecule has 2 aliphatic heterocycles. The number of hydrogen-bond acceptors (Lipinski definition) is 16. The molecule has 0 spiro atoms. The molecule has 16 heteroatoms. The maximum atomic E-state index is 13.2. The zero-order valence-electron chi connectivity index (χ0n) is 22.0. The molecule has 0 amide bonds. The summed E-state index contributed by atoms with van der Waals surface area (Å²) in [6.07, 6.45) is -17.7. The molecule has 2 aliphatic rings. The molecule has 0 aliphatic carbocycles. The summed E-state index contributed by atoms with van der Waals surface area (Å²) in [5.74, 6) is -2.70. The van der Waals surface area contributed by atoms with Gasteiger partial charge in [0.2, 0.25) is 0 Å². The first-order valence-corrected chi connectivity index (χ1v) is 13.0. The predicted octanol–water partition coefficient (Wildman–Crippen LogP) is -2.38. The third-order valence-corrected chi connectivity index (χ3v) is 7.55. The van der Waals surface area contributed by atoms with E-state index < -0.39 is 119 Å². The molecule has 0 saturated carbocycles. The van der Waals surface area contributed by atoms with Gasteiger partial charge in [-0.3, -0.25) is 4.79 Å². The number of aromatic hydroxyl groups is 4. The molecule has 16 nitrogen and oxygen atoms in total. The maximum Gasteiger partial charge on any atom is 0.197 e. The van der Waals surface area contributed by atoms with Gasteiger partial charge in [0.05, 0.1) is 18.8 Å². The molecule has 0 bridgehead atoms. The molecule has 2 fully saturated rings. The van der Waals surface area contributed by atoms with E-state index in [0.29, 0.717) is 0 Å². The number of rotatable bonds is 6. The number of phenols is 4. The lowest BCUT2D eigenvalue weighted by atomic mass is 9.89. The van der Waals surface area contributed by atoms with Crippen LogP contribution in [-0.4, -0.2) is 125 Å². The quantitative estimate of drug-likeness (QED) is 0.130. The third-order valence-electron chi connectivity index (χ3n) is 7.55. The van der Waals surface area contributed by atoms with E-state index in [2.05, 4.69) is 0 Å². The average molecular weight is 611 g/mol. The topological polar surface area (TPSA) is 280 Å². The van der Waals surface area contributed by atoms with E-state index in [0.717, 1.165) is 24.3 Å². The molecular weight excluding hydrogens is 580 g/mol. The second-order valence-corrected chi connectivity index (χ2v) is 10.3. The van der Waals surface area contributed by atoms with Gasteiger partial charge in [-0.15, -0.1) is 0 Å². The lowest BCUT2D eigenvalue weighted by molar-refractivity contribution is -0.342. The highest BCUT2D eigenvalue weighted by molar-refractivity contribution is 5.89. The first-order chi connectivity index (χ1) is 20.4. The maximum absolute atomic E-state index is 13.2. The summed E-state index contributed by atoms with van der Waals surface area (Å²) in [6.45, 7) is -1.66. The number of phenolic OH excluding ortho intramolecular Hbond substituents is 4. The van der Waals surface area contributed by atoms with Crippen molar-refractivity contribution in [3.8, 4) is 34.3 Å². The second kappa shape index (κ2) is 11.9. The highest BCUT2D eigenvalue weighted by Gasteiger charge is 2.52. The summed E-state index contributed by atoms with van der Waals surface area (Å²) in [4.78, 5) is 13.2. The van der Waals surface area contributed by atoms with Crippen LogP contribution >= 0.6 is 0 Å². The van der Waals surface area contributed by atoms with E-state index in [9.17, 15) is 61.0 Å². The Hall–Kier alpha value is -3.55. The Morgan fingerprint density at radius 1 is 0.698 bits per heavy atom. The molecule has 234 valence electrons. The van der Waals surface area contributed by atoms with Crippen LogP contribution in [0, 0.1) is 0 Å². The molecule has 5 rings (SSSR count). The van der Waals surface area contributed by atoms with Gasteiger partial charge in [0, 0.05) is 17.7 Å². The van der Waals surface area contributed by atoms with Gasteiger partial charge in [-0.25, -0.2) is 0 Å². The van der Waals surface area contributed by atoms with Crippen molar-refractivity contribution in [1.82, 2.24) is 0 Å². The molecule has 0 unspecified atom stereocenters. The average Bonchev–Trinajstić information content (AvgIpc) is 2.97. The minimum atomic E-state index is -1.95. The molecule has 43 heavy (non-hydrogen) atoms. The van der Waals surface area contributed by atoms with Gasteiger partial charge in [-0.2, -0.15) is 0 Å². The molecule has 2 saturated heterocycles. The minimum Gasteiger partial charge on any atom is -0.507 e. The van der Waals surface area contributed by atoms with E-state index in [4.69, 9.17) is 18.6 Å². The summed E-state index contributed by atoms with van der Waals surface area (Å²) < 4.78 is 22.7. The van der Waals surface area contributed by atoms with Gasteiger partial charge in [0.15, 0.2) is 28.8 Å². The summed E-state index contributed by atoms with van der Waals surface area (Å²) in [5, 5.41) is 113.